The van der Waals surface area contributed by atoms with E-state index < -0.39 is 10.0 Å². The number of hydrogen-bond donors (Lipinski definition) is 1. The van der Waals surface area contributed by atoms with Gasteiger partial charge in [0.15, 0.2) is 0 Å². The Labute approximate surface area is 133 Å². The van der Waals surface area contributed by atoms with Crippen LogP contribution in [0.4, 0.5) is 0 Å². The number of hydrogen-bond acceptors (Lipinski definition) is 4. The summed E-state index contributed by atoms with van der Waals surface area (Å²) in [4.78, 5) is 0. The van der Waals surface area contributed by atoms with Crippen LogP contribution in [-0.2, 0) is 10.0 Å². The van der Waals surface area contributed by atoms with Crippen molar-refractivity contribution in [3.8, 4) is 0 Å². The van der Waals surface area contributed by atoms with Crippen LogP contribution in [0.3, 0.4) is 0 Å². The van der Waals surface area contributed by atoms with Gasteiger partial charge in [-0.05, 0) is 54.4 Å². The zero-order valence-electron chi connectivity index (χ0n) is 10.8. The zero-order chi connectivity index (χ0) is 13.3. The Kier molecular flexibility index (Phi) is 6.28. The first kappa shape index (κ1) is 17.4. The minimum atomic E-state index is -3.32. The van der Waals surface area contributed by atoms with Gasteiger partial charge >= 0.3 is 0 Å². The normalized spacial score (nSPS) is 21.1. The molecule has 19 heavy (non-hydrogen) atoms. The summed E-state index contributed by atoms with van der Waals surface area (Å²) in [5.74, 6) is 0. The maximum absolute atomic E-state index is 12.5. The van der Waals surface area contributed by atoms with Crippen molar-refractivity contribution in [1.82, 2.24) is 9.62 Å². The largest absolute Gasteiger partial charge is 0.316 e. The van der Waals surface area contributed by atoms with Gasteiger partial charge in [-0.1, -0.05) is 0 Å². The average molecular weight is 390 g/mol. The third-order valence-electron chi connectivity index (χ3n) is 3.22. The molecular weight excluding hydrogens is 372 g/mol. The number of aryl methyl sites for hydroxylation is 1. The van der Waals surface area contributed by atoms with E-state index in [-0.39, 0.29) is 18.4 Å². The molecule has 8 heteroatoms. The number of nitrogens with zero attached hydrogens (tertiary/aromatic N) is 1. The first-order chi connectivity index (χ1) is 8.45. The van der Waals surface area contributed by atoms with E-state index >= 15 is 0 Å². The quantitative estimate of drug-likeness (QED) is 0.864. The standard InChI is InChI=1S/C11H17BrN2O2S2.ClH/c1-8-6-10(17-11(8)12)18(15,16)14-5-3-4-9(7-14)13-2;/h6,9,13H,3-5,7H2,1-2H3;1H. The Balaban J connectivity index is 0.00000180. The van der Waals surface area contributed by atoms with Gasteiger partial charge in [-0.25, -0.2) is 8.42 Å². The molecule has 0 aromatic carbocycles. The number of nitrogens with one attached hydrogen (secondary N) is 1. The maximum atomic E-state index is 12.5. The van der Waals surface area contributed by atoms with Gasteiger partial charge in [-0.3, -0.25) is 0 Å². The molecule has 1 saturated heterocycles. The summed E-state index contributed by atoms with van der Waals surface area (Å²) in [6, 6.07) is 2.01. The van der Waals surface area contributed by atoms with Gasteiger partial charge < -0.3 is 5.32 Å². The highest BCUT2D eigenvalue weighted by Gasteiger charge is 2.31. The van der Waals surface area contributed by atoms with Crippen LogP contribution in [0.25, 0.3) is 0 Å². The van der Waals surface area contributed by atoms with Crippen molar-refractivity contribution in [3.63, 3.8) is 0 Å². The fourth-order valence-electron chi connectivity index (χ4n) is 2.08. The number of piperidine rings is 1. The highest BCUT2D eigenvalue weighted by atomic mass is 79.9. The molecule has 110 valence electrons. The average Bonchev–Trinajstić information content (AvgIpc) is 2.70. The van der Waals surface area contributed by atoms with Crippen LogP contribution >= 0.6 is 39.7 Å². The van der Waals surface area contributed by atoms with E-state index in [9.17, 15) is 8.42 Å². The molecule has 4 nitrogen and oxygen atoms in total. The van der Waals surface area contributed by atoms with Crippen LogP contribution in [0.15, 0.2) is 14.1 Å². The van der Waals surface area contributed by atoms with Gasteiger partial charge in [0.2, 0.25) is 0 Å². The van der Waals surface area contributed by atoms with Crippen LogP contribution in [0.5, 0.6) is 0 Å². The number of likely N-dealkylation sites (N-methyl/N-ethyl adjacent to an activating group) is 1. The lowest BCUT2D eigenvalue weighted by atomic mass is 10.1. The van der Waals surface area contributed by atoms with Crippen molar-refractivity contribution >= 4 is 49.7 Å². The fraction of sp³-hybridized carbons (Fsp3) is 0.636. The molecule has 1 unspecified atom stereocenters. The molecule has 0 radical (unpaired) electrons. The molecule has 0 amide bonds. The van der Waals surface area contributed by atoms with Crippen molar-refractivity contribution in [1.29, 1.82) is 0 Å². The summed E-state index contributed by atoms with van der Waals surface area (Å²) in [7, 11) is -1.44. The summed E-state index contributed by atoms with van der Waals surface area (Å²) in [5, 5.41) is 3.16. The maximum Gasteiger partial charge on any atom is 0.252 e. The van der Waals surface area contributed by atoms with E-state index in [0.29, 0.717) is 17.3 Å². The van der Waals surface area contributed by atoms with E-state index in [1.54, 1.807) is 10.4 Å². The van der Waals surface area contributed by atoms with Crippen molar-refractivity contribution in [2.75, 3.05) is 20.1 Å². The van der Waals surface area contributed by atoms with Crippen molar-refractivity contribution < 1.29 is 8.42 Å². The van der Waals surface area contributed by atoms with Crippen LogP contribution < -0.4 is 5.32 Å². The molecular formula is C11H18BrClN2O2S2. The predicted octanol–water partition coefficient (Wildman–Crippen LogP) is 2.61. The summed E-state index contributed by atoms with van der Waals surface area (Å²) >= 11 is 4.67. The summed E-state index contributed by atoms with van der Waals surface area (Å²) < 4.78 is 27.9. The Hall–Kier alpha value is 0.340. The molecule has 1 aromatic rings. The SMILES string of the molecule is CNC1CCCN(S(=O)(=O)c2cc(C)c(Br)s2)C1.Cl. The molecule has 2 rings (SSSR count). The topological polar surface area (TPSA) is 49.4 Å². The van der Waals surface area contributed by atoms with Gasteiger partial charge in [0.1, 0.15) is 4.21 Å². The minimum Gasteiger partial charge on any atom is -0.316 e. The molecule has 0 saturated carbocycles. The summed E-state index contributed by atoms with van der Waals surface area (Å²) in [6.07, 6.45) is 1.95. The second-order valence-electron chi connectivity index (χ2n) is 4.51. The molecule has 1 aromatic heterocycles. The highest BCUT2D eigenvalue weighted by molar-refractivity contribution is 9.11. The van der Waals surface area contributed by atoms with Crippen molar-refractivity contribution in [3.05, 3.63) is 15.4 Å². The van der Waals surface area contributed by atoms with Gasteiger partial charge in [-0.15, -0.1) is 23.7 Å². The first-order valence-electron chi connectivity index (χ1n) is 5.88. The Morgan fingerprint density at radius 2 is 2.21 bits per heavy atom. The monoisotopic (exact) mass is 388 g/mol. The summed E-state index contributed by atoms with van der Waals surface area (Å²) in [6.45, 7) is 3.09. The number of thiophene rings is 1. The Morgan fingerprint density at radius 3 is 2.74 bits per heavy atom. The molecule has 1 aliphatic rings. The third kappa shape index (κ3) is 3.71. The summed E-state index contributed by atoms with van der Waals surface area (Å²) in [5.41, 5.74) is 0.973. The number of sulfonamides is 1. The molecule has 0 spiro atoms. The van der Waals surface area contributed by atoms with Gasteiger partial charge in [0.25, 0.3) is 10.0 Å². The van der Waals surface area contributed by atoms with Crippen molar-refractivity contribution in [2.24, 2.45) is 0 Å². The lowest BCUT2D eigenvalue weighted by molar-refractivity contribution is 0.293. The van der Waals surface area contributed by atoms with E-state index in [4.69, 9.17) is 0 Å². The first-order valence-corrected chi connectivity index (χ1v) is 8.93. The van der Waals surface area contributed by atoms with Gasteiger partial charge in [0.05, 0.1) is 3.79 Å². The lowest BCUT2D eigenvalue weighted by Gasteiger charge is -2.31. The molecule has 1 N–H and O–H groups in total. The second kappa shape index (κ2) is 6.87. The zero-order valence-corrected chi connectivity index (χ0v) is 14.9. The minimum absolute atomic E-state index is 0. The molecule has 1 fully saturated rings. The Bertz CT molecular complexity index is 513. The molecule has 2 heterocycles. The van der Waals surface area contributed by atoms with E-state index in [0.717, 1.165) is 22.2 Å². The molecule has 0 bridgehead atoms. The second-order valence-corrected chi connectivity index (χ2v) is 9.05. The Morgan fingerprint density at radius 1 is 1.53 bits per heavy atom. The number of rotatable bonds is 3. The van der Waals surface area contributed by atoms with Crippen LogP contribution in [0, 0.1) is 6.92 Å². The lowest BCUT2D eigenvalue weighted by Crippen LogP contribution is -2.46. The van der Waals surface area contributed by atoms with E-state index in [1.165, 1.54) is 11.3 Å². The van der Waals surface area contributed by atoms with Crippen LogP contribution in [0.1, 0.15) is 18.4 Å². The van der Waals surface area contributed by atoms with Crippen molar-refractivity contribution in [2.45, 2.75) is 30.0 Å². The third-order valence-corrected chi connectivity index (χ3v) is 7.67. The van der Waals surface area contributed by atoms with Crippen LogP contribution in [-0.4, -0.2) is 38.9 Å². The van der Waals surface area contributed by atoms with Gasteiger partial charge in [-0.2, -0.15) is 4.31 Å². The highest BCUT2D eigenvalue weighted by Crippen LogP contribution is 2.33. The fourth-order valence-corrected chi connectivity index (χ4v) is 5.99. The van der Waals surface area contributed by atoms with E-state index in [2.05, 4.69) is 21.2 Å². The smallest absolute Gasteiger partial charge is 0.252 e. The number of halogens is 2. The predicted molar refractivity (Wildman–Crippen MR) is 84.8 cm³/mol. The van der Waals surface area contributed by atoms with Crippen LogP contribution in [0.2, 0.25) is 0 Å². The molecule has 1 atom stereocenters. The van der Waals surface area contributed by atoms with Gasteiger partial charge in [0, 0.05) is 19.1 Å². The molecule has 1 aliphatic heterocycles. The molecule has 0 aliphatic carbocycles. The van der Waals surface area contributed by atoms with E-state index in [1.807, 2.05) is 14.0 Å².